The van der Waals surface area contributed by atoms with E-state index in [1.807, 2.05) is 13.8 Å². The maximum Gasteiger partial charge on any atom is 0.188 e. The predicted molar refractivity (Wildman–Crippen MR) is 101 cm³/mol. The van der Waals surface area contributed by atoms with Crippen LogP contribution >= 0.6 is 24.0 Å². The molecule has 3 N–H and O–H groups in total. The number of morpholine rings is 1. The fourth-order valence-corrected chi connectivity index (χ4v) is 2.55. The van der Waals surface area contributed by atoms with Crippen LogP contribution in [0.3, 0.4) is 0 Å². The lowest BCUT2D eigenvalue weighted by molar-refractivity contribution is 0.0377. The Labute approximate surface area is 155 Å². The summed E-state index contributed by atoms with van der Waals surface area (Å²) in [7, 11) is 0. The first kappa shape index (κ1) is 20.2. The number of nitrogens with two attached hydrogens (primary N) is 1. The first-order valence-electron chi connectivity index (χ1n) is 7.92. The fraction of sp³-hybridized carbons (Fsp3) is 0.733. The molecule has 0 bridgehead atoms. The number of hydrogen-bond acceptors (Lipinski definition) is 5. The molecule has 1 fully saturated rings. The highest BCUT2D eigenvalue weighted by molar-refractivity contribution is 14.0. The summed E-state index contributed by atoms with van der Waals surface area (Å²) in [6, 6.07) is 0. The first-order chi connectivity index (χ1) is 10.7. The van der Waals surface area contributed by atoms with Crippen molar-refractivity contribution in [2.45, 2.75) is 26.7 Å². The average Bonchev–Trinajstić information content (AvgIpc) is 2.84. The van der Waals surface area contributed by atoms with E-state index in [9.17, 15) is 0 Å². The number of hydrogen-bond donors (Lipinski definition) is 2. The third-order valence-electron chi connectivity index (χ3n) is 3.88. The number of guanidine groups is 1. The second-order valence-electron chi connectivity index (χ2n) is 5.55. The second-order valence-corrected chi connectivity index (χ2v) is 5.55. The van der Waals surface area contributed by atoms with Gasteiger partial charge >= 0.3 is 0 Å². The summed E-state index contributed by atoms with van der Waals surface area (Å²) in [5, 5.41) is 7.08. The summed E-state index contributed by atoms with van der Waals surface area (Å²) in [5.41, 5.74) is 7.97. The third kappa shape index (κ3) is 7.05. The molecule has 0 aliphatic carbocycles. The van der Waals surface area contributed by atoms with Crippen molar-refractivity contribution in [2.75, 3.05) is 45.9 Å². The van der Waals surface area contributed by atoms with Crippen LogP contribution in [0, 0.1) is 13.8 Å². The van der Waals surface area contributed by atoms with Crippen LogP contribution in [-0.2, 0) is 11.2 Å². The van der Waals surface area contributed by atoms with Gasteiger partial charge in [-0.3, -0.25) is 9.89 Å². The smallest absolute Gasteiger partial charge is 0.188 e. The van der Waals surface area contributed by atoms with Gasteiger partial charge in [0.2, 0.25) is 0 Å². The van der Waals surface area contributed by atoms with Gasteiger partial charge in [0.05, 0.1) is 18.9 Å². The summed E-state index contributed by atoms with van der Waals surface area (Å²) >= 11 is 0. The molecule has 2 heterocycles. The Morgan fingerprint density at radius 3 is 2.74 bits per heavy atom. The largest absolute Gasteiger partial charge is 0.379 e. The lowest BCUT2D eigenvalue weighted by Crippen LogP contribution is -2.37. The van der Waals surface area contributed by atoms with E-state index in [0.717, 1.165) is 75.8 Å². The van der Waals surface area contributed by atoms with E-state index in [4.69, 9.17) is 15.0 Å². The minimum absolute atomic E-state index is 0. The number of nitrogens with zero attached hydrogens (tertiary/aromatic N) is 3. The molecule has 0 amide bonds. The topological polar surface area (TPSA) is 88.9 Å². The molecule has 0 unspecified atom stereocenters. The Bertz CT molecular complexity index is 467. The number of rotatable bonds is 7. The zero-order valence-corrected chi connectivity index (χ0v) is 16.3. The van der Waals surface area contributed by atoms with Gasteiger partial charge in [-0.2, -0.15) is 0 Å². The van der Waals surface area contributed by atoms with E-state index < -0.39 is 0 Å². The lowest BCUT2D eigenvalue weighted by Gasteiger charge is -2.26. The Hall–Kier alpha value is -0.870. The first-order valence-corrected chi connectivity index (χ1v) is 7.92. The van der Waals surface area contributed by atoms with Gasteiger partial charge < -0.3 is 20.3 Å². The molecule has 0 aromatic carbocycles. The summed E-state index contributed by atoms with van der Waals surface area (Å²) in [6.45, 7) is 10.2. The van der Waals surface area contributed by atoms with Crippen molar-refractivity contribution in [1.82, 2.24) is 15.4 Å². The minimum Gasteiger partial charge on any atom is -0.379 e. The minimum atomic E-state index is 0. The van der Waals surface area contributed by atoms with Crippen LogP contribution in [0.2, 0.25) is 0 Å². The molecular formula is C15H28IN5O2. The Kier molecular flexibility index (Phi) is 9.49. The van der Waals surface area contributed by atoms with Crippen LogP contribution in [0.1, 0.15) is 23.4 Å². The molecular weight excluding hydrogens is 409 g/mol. The molecule has 132 valence electrons. The molecule has 1 aliphatic rings. The molecule has 1 saturated heterocycles. The Balaban J connectivity index is 0.00000264. The molecule has 1 aliphatic heterocycles. The number of aromatic nitrogens is 1. The molecule has 0 saturated carbocycles. The highest BCUT2D eigenvalue weighted by atomic mass is 127. The predicted octanol–water partition coefficient (Wildman–Crippen LogP) is 1.08. The summed E-state index contributed by atoms with van der Waals surface area (Å²) in [5.74, 6) is 1.38. The fourth-order valence-electron chi connectivity index (χ4n) is 2.55. The molecule has 0 atom stereocenters. The number of halogens is 1. The molecule has 23 heavy (non-hydrogen) atoms. The van der Waals surface area contributed by atoms with Crippen LogP contribution in [-0.4, -0.2) is 62.0 Å². The highest BCUT2D eigenvalue weighted by Gasteiger charge is 2.09. The van der Waals surface area contributed by atoms with Crippen LogP contribution in [0.5, 0.6) is 0 Å². The van der Waals surface area contributed by atoms with Gasteiger partial charge in [-0.25, -0.2) is 0 Å². The highest BCUT2D eigenvalue weighted by Crippen LogP contribution is 2.11. The van der Waals surface area contributed by atoms with Crippen LogP contribution in [0.25, 0.3) is 0 Å². The quantitative estimate of drug-likeness (QED) is 0.287. The summed E-state index contributed by atoms with van der Waals surface area (Å²) < 4.78 is 10.5. The van der Waals surface area contributed by atoms with Gasteiger partial charge in [0.1, 0.15) is 5.76 Å². The standard InChI is InChI=1S/C15H27N5O2.HI/c1-12-14(13(2)22-19-12)4-6-18-15(16)17-5-3-7-20-8-10-21-11-9-20;/h3-11H2,1-2H3,(H3,16,17,18);1H. The van der Waals surface area contributed by atoms with E-state index in [1.54, 1.807) is 0 Å². The lowest BCUT2D eigenvalue weighted by atomic mass is 10.1. The monoisotopic (exact) mass is 437 g/mol. The number of ether oxygens (including phenoxy) is 1. The van der Waals surface area contributed by atoms with E-state index >= 15 is 0 Å². The average molecular weight is 437 g/mol. The van der Waals surface area contributed by atoms with Crippen molar-refractivity contribution in [1.29, 1.82) is 0 Å². The normalized spacial score (nSPS) is 16.2. The summed E-state index contributed by atoms with van der Waals surface area (Å²) in [6.07, 6.45) is 1.86. The zero-order valence-electron chi connectivity index (χ0n) is 14.0. The van der Waals surface area contributed by atoms with Crippen LogP contribution in [0.15, 0.2) is 9.52 Å². The number of nitrogens with one attached hydrogen (secondary N) is 1. The SMILES string of the molecule is Cc1noc(C)c1CCNC(N)=NCCCN1CCOCC1.I. The van der Waals surface area contributed by atoms with Crippen molar-refractivity contribution < 1.29 is 9.26 Å². The number of aliphatic imine (C=N–C) groups is 1. The van der Waals surface area contributed by atoms with Crippen molar-refractivity contribution in [3.8, 4) is 0 Å². The van der Waals surface area contributed by atoms with Gasteiger partial charge in [-0.15, -0.1) is 24.0 Å². The van der Waals surface area contributed by atoms with Crippen molar-refractivity contribution in [3.05, 3.63) is 17.0 Å². The van der Waals surface area contributed by atoms with Crippen molar-refractivity contribution in [2.24, 2.45) is 10.7 Å². The maximum absolute atomic E-state index is 5.87. The van der Waals surface area contributed by atoms with E-state index in [2.05, 4.69) is 20.4 Å². The second kappa shape index (κ2) is 10.8. The van der Waals surface area contributed by atoms with Gasteiger partial charge in [-0.05, 0) is 26.7 Å². The van der Waals surface area contributed by atoms with E-state index in [-0.39, 0.29) is 24.0 Å². The van der Waals surface area contributed by atoms with Crippen LogP contribution in [0.4, 0.5) is 0 Å². The van der Waals surface area contributed by atoms with Gasteiger partial charge in [-0.1, -0.05) is 5.16 Å². The molecule has 2 rings (SSSR count). The van der Waals surface area contributed by atoms with Crippen LogP contribution < -0.4 is 11.1 Å². The van der Waals surface area contributed by atoms with Crippen molar-refractivity contribution in [3.63, 3.8) is 0 Å². The maximum atomic E-state index is 5.87. The Morgan fingerprint density at radius 2 is 2.09 bits per heavy atom. The molecule has 0 spiro atoms. The molecule has 1 aromatic rings. The molecule has 7 nitrogen and oxygen atoms in total. The van der Waals surface area contributed by atoms with Gasteiger partial charge in [0.15, 0.2) is 5.96 Å². The van der Waals surface area contributed by atoms with Gasteiger partial charge in [0, 0.05) is 38.3 Å². The molecule has 1 aromatic heterocycles. The van der Waals surface area contributed by atoms with Crippen molar-refractivity contribution >= 4 is 29.9 Å². The Morgan fingerprint density at radius 1 is 1.35 bits per heavy atom. The third-order valence-corrected chi connectivity index (χ3v) is 3.88. The van der Waals surface area contributed by atoms with Gasteiger partial charge in [0.25, 0.3) is 0 Å². The van der Waals surface area contributed by atoms with E-state index in [1.165, 1.54) is 0 Å². The molecule has 8 heteroatoms. The summed E-state index contributed by atoms with van der Waals surface area (Å²) in [4.78, 5) is 6.76. The zero-order chi connectivity index (χ0) is 15.8. The number of aryl methyl sites for hydroxylation is 2. The molecule has 0 radical (unpaired) electrons. The van der Waals surface area contributed by atoms with E-state index in [0.29, 0.717) is 5.96 Å².